The molecule has 22 heavy (non-hydrogen) atoms. The Hall–Kier alpha value is -1.56. The zero-order chi connectivity index (χ0) is 16.1. The second kappa shape index (κ2) is 7.63. The molecule has 1 heterocycles. The molecule has 0 bridgehead atoms. The smallest absolute Gasteiger partial charge is 0.307 e. The van der Waals surface area contributed by atoms with Gasteiger partial charge in [0.2, 0.25) is 0 Å². The number of carbonyl (C=O) groups is 2. The molecular weight excluding hydrogens is 345 g/mol. The molecule has 2 aromatic rings. The van der Waals surface area contributed by atoms with Gasteiger partial charge in [0.15, 0.2) is 0 Å². The van der Waals surface area contributed by atoms with Crippen LogP contribution in [0.2, 0.25) is 10.0 Å². The summed E-state index contributed by atoms with van der Waals surface area (Å²) < 4.78 is 4.68. The van der Waals surface area contributed by atoms with E-state index in [1.807, 2.05) is 17.5 Å². The molecule has 0 aliphatic carbocycles. The largest absolute Gasteiger partial charge is 0.469 e. The minimum Gasteiger partial charge on any atom is -0.469 e. The van der Waals surface area contributed by atoms with Gasteiger partial charge < -0.3 is 10.1 Å². The minimum absolute atomic E-state index is 0.0426. The topological polar surface area (TPSA) is 55.4 Å². The molecule has 0 saturated heterocycles. The molecule has 1 atom stereocenters. The highest BCUT2D eigenvalue weighted by Crippen LogP contribution is 2.27. The number of halogens is 2. The van der Waals surface area contributed by atoms with E-state index in [2.05, 4.69) is 10.1 Å². The zero-order valence-corrected chi connectivity index (χ0v) is 14.0. The van der Waals surface area contributed by atoms with Crippen LogP contribution in [0.4, 0.5) is 0 Å². The van der Waals surface area contributed by atoms with Crippen molar-refractivity contribution in [1.29, 1.82) is 0 Å². The summed E-state index contributed by atoms with van der Waals surface area (Å²) >= 11 is 13.4. The Kier molecular flexibility index (Phi) is 5.83. The lowest BCUT2D eigenvalue weighted by molar-refractivity contribution is -0.141. The van der Waals surface area contributed by atoms with Gasteiger partial charge in [-0.1, -0.05) is 35.3 Å². The second-order valence-electron chi connectivity index (χ2n) is 4.42. The van der Waals surface area contributed by atoms with Gasteiger partial charge in [-0.05, 0) is 23.6 Å². The lowest BCUT2D eigenvalue weighted by atomic mass is 10.1. The van der Waals surface area contributed by atoms with E-state index in [1.165, 1.54) is 18.4 Å². The summed E-state index contributed by atoms with van der Waals surface area (Å²) in [6, 6.07) is 8.04. The SMILES string of the molecule is COC(=O)CC(NC(=O)c1cccc(Cl)c1Cl)c1cccs1. The van der Waals surface area contributed by atoms with E-state index in [-0.39, 0.29) is 17.0 Å². The molecule has 116 valence electrons. The van der Waals surface area contributed by atoms with Gasteiger partial charge in [0.25, 0.3) is 5.91 Å². The number of carbonyl (C=O) groups excluding carboxylic acids is 2. The first-order chi connectivity index (χ1) is 10.5. The zero-order valence-electron chi connectivity index (χ0n) is 11.6. The van der Waals surface area contributed by atoms with Gasteiger partial charge in [-0.15, -0.1) is 11.3 Å². The van der Waals surface area contributed by atoms with E-state index in [1.54, 1.807) is 18.2 Å². The quantitative estimate of drug-likeness (QED) is 0.819. The number of nitrogens with one attached hydrogen (secondary N) is 1. The summed E-state index contributed by atoms with van der Waals surface area (Å²) in [6.07, 6.45) is 0.0426. The molecule has 7 heteroatoms. The van der Waals surface area contributed by atoms with Gasteiger partial charge in [0.1, 0.15) is 0 Å². The van der Waals surface area contributed by atoms with Crippen LogP contribution in [-0.2, 0) is 9.53 Å². The molecule has 0 radical (unpaired) electrons. The Bertz CT molecular complexity index is 673. The fraction of sp³-hybridized carbons (Fsp3) is 0.200. The van der Waals surface area contributed by atoms with Crippen molar-refractivity contribution in [2.45, 2.75) is 12.5 Å². The molecule has 1 amide bonds. The van der Waals surface area contributed by atoms with Crippen molar-refractivity contribution in [1.82, 2.24) is 5.32 Å². The third kappa shape index (κ3) is 4.00. The summed E-state index contributed by atoms with van der Waals surface area (Å²) in [6.45, 7) is 0. The van der Waals surface area contributed by atoms with E-state index in [9.17, 15) is 9.59 Å². The fourth-order valence-corrected chi connectivity index (χ4v) is 3.04. The molecule has 0 spiro atoms. The third-order valence-corrected chi connectivity index (χ3v) is 4.79. The highest BCUT2D eigenvalue weighted by atomic mass is 35.5. The summed E-state index contributed by atoms with van der Waals surface area (Å²) in [7, 11) is 1.31. The highest BCUT2D eigenvalue weighted by molar-refractivity contribution is 7.10. The number of thiophene rings is 1. The molecule has 0 saturated carbocycles. The van der Waals surface area contributed by atoms with Crippen LogP contribution in [0.5, 0.6) is 0 Å². The van der Waals surface area contributed by atoms with Crippen molar-refractivity contribution in [3.63, 3.8) is 0 Å². The molecule has 0 fully saturated rings. The Morgan fingerprint density at radius 2 is 2.05 bits per heavy atom. The van der Waals surface area contributed by atoms with Gasteiger partial charge in [-0.2, -0.15) is 0 Å². The Labute approximate surface area is 142 Å². The van der Waals surface area contributed by atoms with E-state index in [0.29, 0.717) is 5.02 Å². The van der Waals surface area contributed by atoms with Crippen LogP contribution < -0.4 is 5.32 Å². The predicted octanol–water partition coefficient (Wildman–Crippen LogP) is 4.09. The number of esters is 1. The van der Waals surface area contributed by atoms with Crippen LogP contribution in [0.1, 0.15) is 27.7 Å². The molecule has 4 nitrogen and oxygen atoms in total. The summed E-state index contributed by atoms with van der Waals surface area (Å²) in [5.74, 6) is -0.800. The van der Waals surface area contributed by atoms with E-state index < -0.39 is 17.9 Å². The average molecular weight is 358 g/mol. The van der Waals surface area contributed by atoms with Gasteiger partial charge >= 0.3 is 5.97 Å². The van der Waals surface area contributed by atoms with E-state index in [4.69, 9.17) is 23.2 Å². The predicted molar refractivity (Wildman–Crippen MR) is 87.6 cm³/mol. The fourth-order valence-electron chi connectivity index (χ4n) is 1.88. The molecule has 0 aliphatic rings. The third-order valence-electron chi connectivity index (χ3n) is 2.99. The van der Waals surface area contributed by atoms with Gasteiger partial charge in [0, 0.05) is 4.88 Å². The number of amides is 1. The molecular formula is C15H13Cl2NO3S. The average Bonchev–Trinajstić information content (AvgIpc) is 3.03. The van der Waals surface area contributed by atoms with Crippen molar-refractivity contribution in [3.05, 3.63) is 56.2 Å². The van der Waals surface area contributed by atoms with Crippen molar-refractivity contribution < 1.29 is 14.3 Å². The maximum atomic E-state index is 12.4. The van der Waals surface area contributed by atoms with E-state index in [0.717, 1.165) is 4.88 Å². The number of benzene rings is 1. The van der Waals surface area contributed by atoms with Crippen molar-refractivity contribution in [2.75, 3.05) is 7.11 Å². The van der Waals surface area contributed by atoms with Gasteiger partial charge in [0.05, 0.1) is 35.2 Å². The number of rotatable bonds is 5. The van der Waals surface area contributed by atoms with Crippen LogP contribution in [0.3, 0.4) is 0 Å². The maximum absolute atomic E-state index is 12.4. The van der Waals surface area contributed by atoms with Crippen LogP contribution in [0, 0.1) is 0 Å². The monoisotopic (exact) mass is 357 g/mol. The molecule has 1 N–H and O–H groups in total. The van der Waals surface area contributed by atoms with Gasteiger partial charge in [-0.3, -0.25) is 9.59 Å². The first-order valence-electron chi connectivity index (χ1n) is 6.38. The van der Waals surface area contributed by atoms with Crippen LogP contribution in [-0.4, -0.2) is 19.0 Å². The van der Waals surface area contributed by atoms with Crippen molar-refractivity contribution in [2.24, 2.45) is 0 Å². The number of methoxy groups -OCH3 is 1. The van der Waals surface area contributed by atoms with Crippen molar-refractivity contribution >= 4 is 46.4 Å². The van der Waals surface area contributed by atoms with E-state index >= 15 is 0 Å². The first-order valence-corrected chi connectivity index (χ1v) is 8.01. The highest BCUT2D eigenvalue weighted by Gasteiger charge is 2.22. The summed E-state index contributed by atoms with van der Waals surface area (Å²) in [5.41, 5.74) is 0.264. The molecule has 0 aliphatic heterocycles. The Morgan fingerprint density at radius 1 is 1.27 bits per heavy atom. The Balaban J connectivity index is 2.21. The molecule has 1 aromatic heterocycles. The maximum Gasteiger partial charge on any atom is 0.307 e. The minimum atomic E-state index is -0.477. The molecule has 1 aromatic carbocycles. The normalized spacial score (nSPS) is 11.8. The lowest BCUT2D eigenvalue weighted by Gasteiger charge is -2.17. The molecule has 2 rings (SSSR count). The number of ether oxygens (including phenoxy) is 1. The second-order valence-corrected chi connectivity index (χ2v) is 6.19. The van der Waals surface area contributed by atoms with Crippen molar-refractivity contribution in [3.8, 4) is 0 Å². The first kappa shape index (κ1) is 16.8. The lowest BCUT2D eigenvalue weighted by Crippen LogP contribution is -2.30. The summed E-state index contributed by atoms with van der Waals surface area (Å²) in [4.78, 5) is 24.8. The molecule has 1 unspecified atom stereocenters. The van der Waals surface area contributed by atoms with Crippen LogP contribution in [0.25, 0.3) is 0 Å². The number of hydrogen-bond donors (Lipinski definition) is 1. The summed E-state index contributed by atoms with van der Waals surface area (Å²) in [5, 5.41) is 5.16. The van der Waals surface area contributed by atoms with Crippen LogP contribution in [0.15, 0.2) is 35.7 Å². The standard InChI is InChI=1S/C15H13Cl2NO3S/c1-21-13(19)8-11(12-6-3-7-22-12)18-15(20)9-4-2-5-10(16)14(9)17/h2-7,11H,8H2,1H3,(H,18,20). The van der Waals surface area contributed by atoms with Crippen LogP contribution >= 0.6 is 34.5 Å². The Morgan fingerprint density at radius 3 is 2.68 bits per heavy atom. The van der Waals surface area contributed by atoms with Gasteiger partial charge in [-0.25, -0.2) is 0 Å². The number of hydrogen-bond acceptors (Lipinski definition) is 4.